The Morgan fingerprint density at radius 3 is 2.60 bits per heavy atom. The molecule has 15 heavy (non-hydrogen) atoms. The van der Waals surface area contributed by atoms with E-state index in [1.54, 1.807) is 18.2 Å². The molecule has 0 saturated carbocycles. The van der Waals surface area contributed by atoms with Gasteiger partial charge in [-0.25, -0.2) is 8.42 Å². The second-order valence-electron chi connectivity index (χ2n) is 3.29. The van der Waals surface area contributed by atoms with Gasteiger partial charge in [-0.3, -0.25) is 0 Å². The lowest BCUT2D eigenvalue weighted by Gasteiger charge is -2.06. The lowest BCUT2D eigenvalue weighted by atomic mass is 10.1. The highest BCUT2D eigenvalue weighted by molar-refractivity contribution is 8.13. The summed E-state index contributed by atoms with van der Waals surface area (Å²) in [6.45, 7) is 1.45. The van der Waals surface area contributed by atoms with Crippen LogP contribution in [0.3, 0.4) is 0 Å². The van der Waals surface area contributed by atoms with E-state index >= 15 is 0 Å². The maximum absolute atomic E-state index is 11.3. The second-order valence-corrected chi connectivity index (χ2v) is 5.83. The standard InChI is InChI=1S/C10H10ClNO2S/c11-15(13,14)10-4-2-1-3-9(10)8-5-6-12-7-8/h1-5,12H,6-7H2. The van der Waals surface area contributed by atoms with Crippen LogP contribution in [0.5, 0.6) is 0 Å². The molecule has 0 amide bonds. The molecule has 1 aromatic carbocycles. The van der Waals surface area contributed by atoms with Gasteiger partial charge in [0, 0.05) is 23.8 Å². The first-order valence-electron chi connectivity index (χ1n) is 4.53. The number of hydrogen-bond acceptors (Lipinski definition) is 3. The maximum atomic E-state index is 11.3. The highest BCUT2D eigenvalue weighted by Crippen LogP contribution is 2.26. The van der Waals surface area contributed by atoms with E-state index in [2.05, 4.69) is 5.32 Å². The number of rotatable bonds is 2. The van der Waals surface area contributed by atoms with Crippen LogP contribution in [0.15, 0.2) is 35.2 Å². The normalized spacial score (nSPS) is 16.5. The van der Waals surface area contributed by atoms with Gasteiger partial charge in [-0.2, -0.15) is 0 Å². The van der Waals surface area contributed by atoms with Gasteiger partial charge in [-0.1, -0.05) is 24.3 Å². The molecule has 0 saturated heterocycles. The molecule has 0 unspecified atom stereocenters. The monoisotopic (exact) mass is 243 g/mol. The lowest BCUT2D eigenvalue weighted by Crippen LogP contribution is -2.08. The van der Waals surface area contributed by atoms with E-state index in [0.717, 1.165) is 12.1 Å². The smallest absolute Gasteiger partial charge is 0.261 e. The van der Waals surface area contributed by atoms with Gasteiger partial charge in [0.25, 0.3) is 9.05 Å². The molecule has 2 rings (SSSR count). The minimum absolute atomic E-state index is 0.182. The van der Waals surface area contributed by atoms with E-state index in [9.17, 15) is 8.42 Å². The van der Waals surface area contributed by atoms with Crippen molar-refractivity contribution in [3.63, 3.8) is 0 Å². The molecule has 0 aromatic heterocycles. The van der Waals surface area contributed by atoms with Crippen LogP contribution in [0.4, 0.5) is 0 Å². The lowest BCUT2D eigenvalue weighted by molar-refractivity contribution is 0.609. The minimum Gasteiger partial charge on any atom is -0.309 e. The third-order valence-corrected chi connectivity index (χ3v) is 3.68. The molecule has 1 aliphatic heterocycles. The molecule has 0 spiro atoms. The van der Waals surface area contributed by atoms with Crippen molar-refractivity contribution in [2.75, 3.05) is 13.1 Å². The van der Waals surface area contributed by atoms with Crippen molar-refractivity contribution in [3.05, 3.63) is 35.9 Å². The minimum atomic E-state index is -3.67. The number of benzene rings is 1. The van der Waals surface area contributed by atoms with Gasteiger partial charge in [0.05, 0.1) is 4.90 Å². The van der Waals surface area contributed by atoms with E-state index in [4.69, 9.17) is 10.7 Å². The Labute approximate surface area is 93.2 Å². The van der Waals surface area contributed by atoms with Crippen LogP contribution in [0.1, 0.15) is 5.56 Å². The molecule has 1 N–H and O–H groups in total. The van der Waals surface area contributed by atoms with Gasteiger partial charge in [0.2, 0.25) is 0 Å². The highest BCUT2D eigenvalue weighted by atomic mass is 35.7. The molecule has 0 bridgehead atoms. The van der Waals surface area contributed by atoms with Gasteiger partial charge in [-0.05, 0) is 17.2 Å². The Bertz CT molecular complexity index is 508. The predicted octanol–water partition coefficient (Wildman–Crippen LogP) is 1.60. The van der Waals surface area contributed by atoms with E-state index < -0.39 is 9.05 Å². The topological polar surface area (TPSA) is 46.2 Å². The summed E-state index contributed by atoms with van der Waals surface area (Å²) in [5.74, 6) is 0. The van der Waals surface area contributed by atoms with Gasteiger partial charge >= 0.3 is 0 Å². The van der Waals surface area contributed by atoms with Crippen molar-refractivity contribution in [1.82, 2.24) is 5.32 Å². The van der Waals surface area contributed by atoms with Crippen LogP contribution >= 0.6 is 10.7 Å². The zero-order chi connectivity index (χ0) is 10.9. The van der Waals surface area contributed by atoms with Crippen LogP contribution in [0, 0.1) is 0 Å². The molecule has 0 radical (unpaired) electrons. The molecular weight excluding hydrogens is 234 g/mol. The van der Waals surface area contributed by atoms with E-state index in [1.807, 2.05) is 6.08 Å². The van der Waals surface area contributed by atoms with E-state index in [1.165, 1.54) is 6.07 Å². The Balaban J connectivity index is 2.56. The van der Waals surface area contributed by atoms with Gasteiger partial charge in [0.1, 0.15) is 0 Å². The van der Waals surface area contributed by atoms with Crippen molar-refractivity contribution >= 4 is 25.3 Å². The highest BCUT2D eigenvalue weighted by Gasteiger charge is 2.18. The summed E-state index contributed by atoms with van der Waals surface area (Å²) in [5, 5.41) is 3.12. The molecule has 1 aliphatic rings. The predicted molar refractivity (Wildman–Crippen MR) is 60.3 cm³/mol. The second kappa shape index (κ2) is 3.96. The summed E-state index contributed by atoms with van der Waals surface area (Å²) < 4.78 is 22.7. The fourth-order valence-electron chi connectivity index (χ4n) is 1.62. The Morgan fingerprint density at radius 1 is 1.27 bits per heavy atom. The molecule has 0 fully saturated rings. The third kappa shape index (κ3) is 2.22. The van der Waals surface area contributed by atoms with Crippen LogP contribution in [0.2, 0.25) is 0 Å². The van der Waals surface area contributed by atoms with Crippen molar-refractivity contribution < 1.29 is 8.42 Å². The van der Waals surface area contributed by atoms with Crippen LogP contribution < -0.4 is 5.32 Å². The average molecular weight is 244 g/mol. The summed E-state index contributed by atoms with van der Waals surface area (Å²) in [6.07, 6.45) is 1.97. The van der Waals surface area contributed by atoms with Crippen molar-refractivity contribution in [2.24, 2.45) is 0 Å². The summed E-state index contributed by atoms with van der Waals surface area (Å²) in [5.41, 5.74) is 1.67. The van der Waals surface area contributed by atoms with Gasteiger partial charge in [-0.15, -0.1) is 0 Å². The molecular formula is C10H10ClNO2S. The Kier molecular flexibility index (Phi) is 2.82. The molecule has 1 heterocycles. The molecule has 0 atom stereocenters. The molecule has 0 aliphatic carbocycles. The summed E-state index contributed by atoms with van der Waals surface area (Å²) in [4.78, 5) is 0.182. The molecule has 80 valence electrons. The quantitative estimate of drug-likeness (QED) is 0.803. The van der Waals surface area contributed by atoms with Crippen LogP contribution in [-0.4, -0.2) is 21.5 Å². The number of nitrogens with one attached hydrogen (secondary N) is 1. The zero-order valence-electron chi connectivity index (χ0n) is 7.90. The average Bonchev–Trinajstić information content (AvgIpc) is 2.69. The van der Waals surface area contributed by atoms with Gasteiger partial charge < -0.3 is 5.32 Å². The largest absolute Gasteiger partial charge is 0.309 e. The molecule has 3 nitrogen and oxygen atoms in total. The van der Waals surface area contributed by atoms with Crippen LogP contribution in [-0.2, 0) is 9.05 Å². The fourth-order valence-corrected chi connectivity index (χ4v) is 2.73. The summed E-state index contributed by atoms with van der Waals surface area (Å²) >= 11 is 0. The first kappa shape index (κ1) is 10.7. The van der Waals surface area contributed by atoms with Gasteiger partial charge in [0.15, 0.2) is 0 Å². The third-order valence-electron chi connectivity index (χ3n) is 2.30. The summed E-state index contributed by atoms with van der Waals surface area (Å²) in [6, 6.07) is 6.77. The molecule has 5 heteroatoms. The SMILES string of the molecule is O=S(=O)(Cl)c1ccccc1C1=CCNC1. The van der Waals surface area contributed by atoms with E-state index in [-0.39, 0.29) is 4.90 Å². The van der Waals surface area contributed by atoms with Crippen molar-refractivity contribution in [1.29, 1.82) is 0 Å². The van der Waals surface area contributed by atoms with Crippen LogP contribution in [0.25, 0.3) is 5.57 Å². The molecule has 1 aromatic rings. The Hall–Kier alpha value is -0.840. The first-order valence-corrected chi connectivity index (χ1v) is 6.84. The zero-order valence-corrected chi connectivity index (χ0v) is 9.48. The Morgan fingerprint density at radius 2 is 2.00 bits per heavy atom. The van der Waals surface area contributed by atoms with E-state index in [0.29, 0.717) is 12.1 Å². The van der Waals surface area contributed by atoms with Crippen molar-refractivity contribution in [2.45, 2.75) is 4.90 Å². The summed E-state index contributed by atoms with van der Waals surface area (Å²) in [7, 11) is 1.70. The number of halogens is 1. The number of hydrogen-bond donors (Lipinski definition) is 1. The fraction of sp³-hybridized carbons (Fsp3) is 0.200. The maximum Gasteiger partial charge on any atom is 0.261 e. The first-order chi connectivity index (χ1) is 7.09. The van der Waals surface area contributed by atoms with Crippen molar-refractivity contribution in [3.8, 4) is 0 Å².